The summed E-state index contributed by atoms with van der Waals surface area (Å²) in [7, 11) is 0. The largest absolute Gasteiger partial charge is 0.390 e. The third-order valence-electron chi connectivity index (χ3n) is 5.52. The zero-order valence-electron chi connectivity index (χ0n) is 9.46. The summed E-state index contributed by atoms with van der Waals surface area (Å²) < 4.78 is 0. The maximum atomic E-state index is 10.4. The molecule has 0 aliphatic heterocycles. The molecule has 2 saturated carbocycles. The number of aliphatic hydroxyl groups is 1. The van der Waals surface area contributed by atoms with Crippen LogP contribution in [-0.4, -0.2) is 10.7 Å². The van der Waals surface area contributed by atoms with Crippen molar-refractivity contribution < 1.29 is 5.11 Å². The molecule has 5 atom stereocenters. The molecule has 0 spiro atoms. The Labute approximate surface area is 81.5 Å². The molecule has 0 aromatic heterocycles. The van der Waals surface area contributed by atoms with E-state index in [-0.39, 0.29) is 0 Å². The Bertz CT molecular complexity index is 205. The summed E-state index contributed by atoms with van der Waals surface area (Å²) in [5, 5.41) is 10.4. The molecule has 13 heavy (non-hydrogen) atoms. The standard InChI is InChI=1S/C12H22O/c1-7-10-6-9(11(7,3)4)8(2)12(10,5)13/h7-10,13H,6H2,1-5H3/t7-,8-,9+,10+,12+/m1/s1. The van der Waals surface area contributed by atoms with Gasteiger partial charge >= 0.3 is 0 Å². The quantitative estimate of drug-likeness (QED) is 0.610. The maximum absolute atomic E-state index is 10.4. The Morgan fingerprint density at radius 1 is 1.00 bits per heavy atom. The molecule has 1 nitrogen and oxygen atoms in total. The minimum Gasteiger partial charge on any atom is -0.390 e. The zero-order chi connectivity index (χ0) is 10.0. The van der Waals surface area contributed by atoms with Gasteiger partial charge < -0.3 is 5.11 Å². The van der Waals surface area contributed by atoms with Gasteiger partial charge in [-0.3, -0.25) is 0 Å². The zero-order valence-corrected chi connectivity index (χ0v) is 9.46. The molecule has 0 heterocycles. The van der Waals surface area contributed by atoms with Crippen molar-refractivity contribution in [1.82, 2.24) is 0 Å². The number of rotatable bonds is 0. The molecule has 2 rings (SSSR count). The lowest BCUT2D eigenvalue weighted by molar-refractivity contribution is -0.0943. The lowest BCUT2D eigenvalue weighted by Gasteiger charge is -2.47. The summed E-state index contributed by atoms with van der Waals surface area (Å²) >= 11 is 0. The highest BCUT2D eigenvalue weighted by Gasteiger charge is 2.63. The predicted molar refractivity (Wildman–Crippen MR) is 54.3 cm³/mol. The molecule has 0 radical (unpaired) electrons. The SMILES string of the molecule is C[C@@H]1[C@@H]2C[C@@H]([C@@H](C)[C@]2(C)O)C1(C)C. The lowest BCUT2D eigenvalue weighted by atomic mass is 9.61. The van der Waals surface area contributed by atoms with E-state index >= 15 is 0 Å². The van der Waals surface area contributed by atoms with Crippen LogP contribution in [0.4, 0.5) is 0 Å². The second-order valence-electron chi connectivity index (χ2n) is 6.07. The summed E-state index contributed by atoms with van der Waals surface area (Å²) in [5.74, 6) is 2.40. The summed E-state index contributed by atoms with van der Waals surface area (Å²) in [5.41, 5.74) is 0.0337. The van der Waals surface area contributed by atoms with Crippen LogP contribution in [0.2, 0.25) is 0 Å². The Hall–Kier alpha value is -0.0400. The van der Waals surface area contributed by atoms with E-state index in [1.165, 1.54) is 6.42 Å². The molecule has 76 valence electrons. The molecule has 0 unspecified atom stereocenters. The van der Waals surface area contributed by atoms with Gasteiger partial charge in [-0.1, -0.05) is 27.7 Å². The first-order valence-corrected chi connectivity index (χ1v) is 5.52. The van der Waals surface area contributed by atoms with Crippen molar-refractivity contribution in [2.75, 3.05) is 0 Å². The molecule has 2 aliphatic rings. The van der Waals surface area contributed by atoms with Crippen LogP contribution in [0.1, 0.15) is 41.0 Å². The first-order chi connectivity index (χ1) is 5.79. The molecule has 1 heteroatoms. The van der Waals surface area contributed by atoms with Crippen LogP contribution in [0.3, 0.4) is 0 Å². The Morgan fingerprint density at radius 3 is 1.92 bits per heavy atom. The molecular weight excluding hydrogens is 160 g/mol. The van der Waals surface area contributed by atoms with Crippen LogP contribution < -0.4 is 0 Å². The number of hydrogen-bond donors (Lipinski definition) is 1. The molecule has 2 fully saturated rings. The van der Waals surface area contributed by atoms with Gasteiger partial charge in [0.25, 0.3) is 0 Å². The summed E-state index contributed by atoms with van der Waals surface area (Å²) in [6.45, 7) is 11.3. The minimum atomic E-state index is -0.403. The van der Waals surface area contributed by atoms with Crippen LogP contribution in [0.15, 0.2) is 0 Å². The topological polar surface area (TPSA) is 20.2 Å². The first-order valence-electron chi connectivity index (χ1n) is 5.52. The van der Waals surface area contributed by atoms with Gasteiger partial charge in [0.05, 0.1) is 5.60 Å². The van der Waals surface area contributed by atoms with E-state index < -0.39 is 5.60 Å². The van der Waals surface area contributed by atoms with E-state index in [4.69, 9.17) is 0 Å². The average Bonchev–Trinajstić information content (AvgIpc) is 2.35. The molecule has 0 aromatic carbocycles. The second-order valence-corrected chi connectivity index (χ2v) is 6.07. The molecule has 2 bridgehead atoms. The van der Waals surface area contributed by atoms with Gasteiger partial charge in [0.2, 0.25) is 0 Å². The first kappa shape index (κ1) is 9.51. The second kappa shape index (κ2) is 2.31. The number of fused-ring (bicyclic) bond motifs is 2. The van der Waals surface area contributed by atoms with Crippen molar-refractivity contribution in [3.63, 3.8) is 0 Å². The fourth-order valence-corrected chi connectivity index (χ4v) is 3.98. The van der Waals surface area contributed by atoms with Crippen LogP contribution in [0, 0.1) is 29.1 Å². The minimum absolute atomic E-state index is 0.403. The highest BCUT2D eigenvalue weighted by Crippen LogP contribution is 2.65. The molecule has 0 amide bonds. The predicted octanol–water partition coefficient (Wildman–Crippen LogP) is 2.69. The van der Waals surface area contributed by atoms with Crippen molar-refractivity contribution in [3.05, 3.63) is 0 Å². The number of hydrogen-bond acceptors (Lipinski definition) is 1. The van der Waals surface area contributed by atoms with Crippen LogP contribution >= 0.6 is 0 Å². The molecule has 0 aromatic rings. The van der Waals surface area contributed by atoms with Gasteiger partial charge in [-0.2, -0.15) is 0 Å². The van der Waals surface area contributed by atoms with E-state index in [1.54, 1.807) is 0 Å². The highest BCUT2D eigenvalue weighted by molar-refractivity contribution is 5.12. The fraction of sp³-hybridized carbons (Fsp3) is 1.00. The average molecular weight is 182 g/mol. The fourth-order valence-electron chi connectivity index (χ4n) is 3.98. The van der Waals surface area contributed by atoms with Gasteiger partial charge in [0.15, 0.2) is 0 Å². The lowest BCUT2D eigenvalue weighted by Crippen LogP contribution is -2.48. The summed E-state index contributed by atoms with van der Waals surface area (Å²) in [4.78, 5) is 0. The summed E-state index contributed by atoms with van der Waals surface area (Å²) in [6.07, 6.45) is 1.24. The molecule has 0 saturated heterocycles. The summed E-state index contributed by atoms with van der Waals surface area (Å²) in [6, 6.07) is 0. The van der Waals surface area contributed by atoms with E-state index in [0.717, 1.165) is 5.92 Å². The Kier molecular flexibility index (Phi) is 1.69. The van der Waals surface area contributed by atoms with Crippen molar-refractivity contribution in [1.29, 1.82) is 0 Å². The molecule has 1 N–H and O–H groups in total. The third-order valence-corrected chi connectivity index (χ3v) is 5.52. The van der Waals surface area contributed by atoms with Crippen LogP contribution in [0.25, 0.3) is 0 Å². The molecular formula is C12H22O. The van der Waals surface area contributed by atoms with E-state index in [9.17, 15) is 5.11 Å². The van der Waals surface area contributed by atoms with Crippen molar-refractivity contribution in [2.24, 2.45) is 29.1 Å². The van der Waals surface area contributed by atoms with Gasteiger partial charge in [0, 0.05) is 0 Å². The van der Waals surface area contributed by atoms with Gasteiger partial charge in [-0.05, 0) is 42.4 Å². The highest BCUT2D eigenvalue weighted by atomic mass is 16.3. The monoisotopic (exact) mass is 182 g/mol. The van der Waals surface area contributed by atoms with Gasteiger partial charge in [-0.25, -0.2) is 0 Å². The van der Waals surface area contributed by atoms with Crippen molar-refractivity contribution in [3.8, 4) is 0 Å². The van der Waals surface area contributed by atoms with Crippen molar-refractivity contribution in [2.45, 2.75) is 46.6 Å². The third kappa shape index (κ3) is 0.918. The van der Waals surface area contributed by atoms with Crippen molar-refractivity contribution >= 4 is 0 Å². The Balaban J connectivity index is 2.37. The van der Waals surface area contributed by atoms with E-state index in [2.05, 4.69) is 27.7 Å². The van der Waals surface area contributed by atoms with Crippen LogP contribution in [0.5, 0.6) is 0 Å². The molecule has 2 aliphatic carbocycles. The van der Waals surface area contributed by atoms with Crippen LogP contribution in [-0.2, 0) is 0 Å². The Morgan fingerprint density at radius 2 is 1.54 bits per heavy atom. The smallest absolute Gasteiger partial charge is 0.0678 e. The van der Waals surface area contributed by atoms with Gasteiger partial charge in [0.1, 0.15) is 0 Å². The van der Waals surface area contributed by atoms with Gasteiger partial charge in [-0.15, -0.1) is 0 Å². The maximum Gasteiger partial charge on any atom is 0.0678 e. The van der Waals surface area contributed by atoms with E-state index in [0.29, 0.717) is 23.2 Å². The normalized spacial score (nSPS) is 58.6. The van der Waals surface area contributed by atoms with E-state index in [1.807, 2.05) is 6.92 Å².